The summed E-state index contributed by atoms with van der Waals surface area (Å²) in [5, 5.41) is 5.44. The molecule has 2 aliphatic rings. The second kappa shape index (κ2) is 9.57. The number of hydrogen-bond acceptors (Lipinski definition) is 6. The molecule has 0 unspecified atom stereocenters. The van der Waals surface area contributed by atoms with Crippen LogP contribution < -0.4 is 10.1 Å². The van der Waals surface area contributed by atoms with Gasteiger partial charge in [0, 0.05) is 62.0 Å². The van der Waals surface area contributed by atoms with Gasteiger partial charge in [0.15, 0.2) is 0 Å². The van der Waals surface area contributed by atoms with Crippen LogP contribution in [-0.2, 0) is 4.79 Å². The highest BCUT2D eigenvalue weighted by Crippen LogP contribution is 2.25. The molecule has 2 aromatic rings. The molecule has 1 aromatic heterocycles. The number of amides is 2. The van der Waals surface area contributed by atoms with Gasteiger partial charge in [-0.25, -0.2) is 4.98 Å². The molecule has 2 saturated heterocycles. The molecule has 0 radical (unpaired) electrons. The first kappa shape index (κ1) is 20.8. The topological polar surface area (TPSA) is 74.8 Å². The summed E-state index contributed by atoms with van der Waals surface area (Å²) in [5.41, 5.74) is 1.38. The molecule has 2 amide bonds. The predicted octanol–water partition coefficient (Wildman–Crippen LogP) is 3.25. The number of piperidine rings is 2. The molecule has 7 nitrogen and oxygen atoms in total. The molecule has 0 bridgehead atoms. The van der Waals surface area contributed by atoms with E-state index in [9.17, 15) is 9.59 Å². The van der Waals surface area contributed by atoms with Crippen LogP contribution in [0.15, 0.2) is 35.8 Å². The Bertz CT molecular complexity index is 840. The third kappa shape index (κ3) is 5.17. The van der Waals surface area contributed by atoms with Crippen molar-refractivity contribution in [1.82, 2.24) is 14.8 Å². The fourth-order valence-electron chi connectivity index (χ4n) is 4.29. The van der Waals surface area contributed by atoms with Gasteiger partial charge in [0.05, 0.1) is 0 Å². The standard InChI is InChI=1S/C22H28N4O3S/c1-16(27)24-18-4-2-17(3-5-18)21(28)26-11-6-19(7-12-26)25-13-8-20(9-14-25)29-22-23-10-15-30-22/h2-5,10,15,19-20H,6-9,11-14H2,1H3,(H,24,27). The predicted molar refractivity (Wildman–Crippen MR) is 117 cm³/mol. The van der Waals surface area contributed by atoms with E-state index in [2.05, 4.69) is 15.2 Å². The number of hydrogen-bond donors (Lipinski definition) is 1. The highest BCUT2D eigenvalue weighted by Gasteiger charge is 2.30. The molecule has 1 N–H and O–H groups in total. The lowest BCUT2D eigenvalue weighted by atomic mass is 9.98. The monoisotopic (exact) mass is 428 g/mol. The Morgan fingerprint density at radius 3 is 2.37 bits per heavy atom. The van der Waals surface area contributed by atoms with E-state index in [4.69, 9.17) is 4.74 Å². The van der Waals surface area contributed by atoms with Crippen LogP contribution in [0.5, 0.6) is 5.19 Å². The molecule has 2 aliphatic heterocycles. The summed E-state index contributed by atoms with van der Waals surface area (Å²) in [6, 6.07) is 7.66. The third-order valence-electron chi connectivity index (χ3n) is 5.87. The Labute approximate surface area is 181 Å². The number of aromatic nitrogens is 1. The molecule has 160 valence electrons. The highest BCUT2D eigenvalue weighted by atomic mass is 32.1. The molecule has 0 aliphatic carbocycles. The maximum atomic E-state index is 12.8. The van der Waals surface area contributed by atoms with Crippen molar-refractivity contribution in [2.24, 2.45) is 0 Å². The smallest absolute Gasteiger partial charge is 0.273 e. The van der Waals surface area contributed by atoms with Crippen molar-refractivity contribution in [2.75, 3.05) is 31.5 Å². The summed E-state index contributed by atoms with van der Waals surface area (Å²) >= 11 is 1.55. The van der Waals surface area contributed by atoms with Crippen LogP contribution >= 0.6 is 11.3 Å². The summed E-state index contributed by atoms with van der Waals surface area (Å²) in [7, 11) is 0. The van der Waals surface area contributed by atoms with E-state index in [-0.39, 0.29) is 17.9 Å². The quantitative estimate of drug-likeness (QED) is 0.791. The first-order chi connectivity index (χ1) is 14.6. The van der Waals surface area contributed by atoms with E-state index in [1.807, 2.05) is 10.3 Å². The van der Waals surface area contributed by atoms with E-state index in [1.54, 1.807) is 41.8 Å². The van der Waals surface area contributed by atoms with Crippen LogP contribution in [0.2, 0.25) is 0 Å². The molecule has 1 aromatic carbocycles. The van der Waals surface area contributed by atoms with Crippen molar-refractivity contribution in [1.29, 1.82) is 0 Å². The van der Waals surface area contributed by atoms with E-state index in [0.29, 0.717) is 17.3 Å². The van der Waals surface area contributed by atoms with Crippen LogP contribution in [0.4, 0.5) is 5.69 Å². The molecule has 2 fully saturated rings. The molecule has 8 heteroatoms. The second-order valence-corrected chi connectivity index (χ2v) is 8.79. The Hall–Kier alpha value is -2.45. The summed E-state index contributed by atoms with van der Waals surface area (Å²) in [6.45, 7) is 5.12. The zero-order valence-electron chi connectivity index (χ0n) is 17.3. The summed E-state index contributed by atoms with van der Waals surface area (Å²) < 4.78 is 5.96. The van der Waals surface area contributed by atoms with Gasteiger partial charge < -0.3 is 15.0 Å². The first-order valence-corrected chi connectivity index (χ1v) is 11.4. The first-order valence-electron chi connectivity index (χ1n) is 10.6. The number of nitrogens with one attached hydrogen (secondary N) is 1. The minimum Gasteiger partial charge on any atom is -0.467 e. The van der Waals surface area contributed by atoms with E-state index >= 15 is 0 Å². The van der Waals surface area contributed by atoms with Gasteiger partial charge in [-0.3, -0.25) is 14.5 Å². The third-order valence-corrected chi connectivity index (χ3v) is 6.54. The summed E-state index contributed by atoms with van der Waals surface area (Å²) in [4.78, 5) is 32.7. The zero-order valence-corrected chi connectivity index (χ0v) is 18.1. The largest absolute Gasteiger partial charge is 0.467 e. The van der Waals surface area contributed by atoms with Gasteiger partial charge in [-0.05, 0) is 49.9 Å². The van der Waals surface area contributed by atoms with Gasteiger partial charge in [0.1, 0.15) is 6.10 Å². The van der Waals surface area contributed by atoms with Gasteiger partial charge in [0.25, 0.3) is 11.1 Å². The van der Waals surface area contributed by atoms with Crippen LogP contribution in [0.1, 0.15) is 43.0 Å². The Balaban J connectivity index is 1.23. The molecular weight excluding hydrogens is 400 g/mol. The number of anilines is 1. The van der Waals surface area contributed by atoms with Crippen LogP contribution in [-0.4, -0.2) is 64.9 Å². The number of benzene rings is 1. The Morgan fingerprint density at radius 1 is 1.07 bits per heavy atom. The van der Waals surface area contributed by atoms with E-state index < -0.39 is 0 Å². The van der Waals surface area contributed by atoms with Crippen LogP contribution in [0.25, 0.3) is 0 Å². The molecule has 4 rings (SSSR count). The Kier molecular flexibility index (Phi) is 6.64. The zero-order chi connectivity index (χ0) is 20.9. The number of ether oxygens (including phenoxy) is 1. The maximum Gasteiger partial charge on any atom is 0.273 e. The van der Waals surface area contributed by atoms with Gasteiger partial charge in [-0.15, -0.1) is 0 Å². The number of thiazole rings is 1. The van der Waals surface area contributed by atoms with Crippen LogP contribution in [0, 0.1) is 0 Å². The molecule has 3 heterocycles. The Morgan fingerprint density at radius 2 is 1.77 bits per heavy atom. The number of carbonyl (C=O) groups excluding carboxylic acids is 2. The number of carbonyl (C=O) groups is 2. The molecule has 0 spiro atoms. The number of likely N-dealkylation sites (tertiary alicyclic amines) is 2. The van der Waals surface area contributed by atoms with Crippen molar-refractivity contribution in [2.45, 2.75) is 44.8 Å². The van der Waals surface area contributed by atoms with Gasteiger partial charge >= 0.3 is 0 Å². The van der Waals surface area contributed by atoms with Crippen molar-refractivity contribution < 1.29 is 14.3 Å². The van der Waals surface area contributed by atoms with E-state index in [0.717, 1.165) is 57.1 Å². The molecule has 30 heavy (non-hydrogen) atoms. The average Bonchev–Trinajstić information content (AvgIpc) is 3.27. The number of nitrogens with zero attached hydrogens (tertiary/aromatic N) is 3. The lowest BCUT2D eigenvalue weighted by Crippen LogP contribution is -2.50. The molecule has 0 saturated carbocycles. The van der Waals surface area contributed by atoms with Crippen molar-refractivity contribution in [3.05, 3.63) is 41.4 Å². The minimum absolute atomic E-state index is 0.0679. The fraction of sp³-hybridized carbons (Fsp3) is 0.500. The minimum atomic E-state index is -0.116. The SMILES string of the molecule is CC(=O)Nc1ccc(C(=O)N2CCC(N3CCC(Oc4nccs4)CC3)CC2)cc1. The molecule has 0 atom stereocenters. The lowest BCUT2D eigenvalue weighted by Gasteiger charge is -2.41. The van der Waals surface area contributed by atoms with Crippen LogP contribution in [0.3, 0.4) is 0 Å². The van der Waals surface area contributed by atoms with Gasteiger partial charge in [-0.1, -0.05) is 11.3 Å². The average molecular weight is 429 g/mol. The number of rotatable bonds is 5. The van der Waals surface area contributed by atoms with Gasteiger partial charge in [-0.2, -0.15) is 0 Å². The highest BCUT2D eigenvalue weighted by molar-refractivity contribution is 7.11. The van der Waals surface area contributed by atoms with Gasteiger partial charge in [0.2, 0.25) is 5.91 Å². The molecular formula is C22H28N4O3S. The normalized spacial score (nSPS) is 18.9. The van der Waals surface area contributed by atoms with E-state index in [1.165, 1.54) is 6.92 Å². The van der Waals surface area contributed by atoms with Crippen molar-refractivity contribution in [3.63, 3.8) is 0 Å². The lowest BCUT2D eigenvalue weighted by molar-refractivity contribution is -0.114. The maximum absolute atomic E-state index is 12.8. The van der Waals surface area contributed by atoms with Crippen molar-refractivity contribution in [3.8, 4) is 5.19 Å². The summed E-state index contributed by atoms with van der Waals surface area (Å²) in [5.74, 6) is -0.0479. The second-order valence-electron chi connectivity index (χ2n) is 7.93. The summed E-state index contributed by atoms with van der Waals surface area (Å²) in [6.07, 6.45) is 6.11. The fourth-order valence-corrected chi connectivity index (χ4v) is 4.84. The van der Waals surface area contributed by atoms with Crippen molar-refractivity contribution >= 4 is 28.8 Å².